The predicted octanol–water partition coefficient (Wildman–Crippen LogP) is -0.813. The van der Waals surface area contributed by atoms with Crippen LogP contribution in [0, 0.1) is 6.42 Å². The molecule has 20 heavy (non-hydrogen) atoms. The molecule has 1 atom stereocenters. The number of carbonyl (C=O) groups is 1. The maximum atomic E-state index is 10.9. The number of rotatable bonds is 3. The largest absolute Gasteiger partial charge is 0.344 e. The zero-order chi connectivity index (χ0) is 12.8. The maximum Gasteiger partial charge on any atom is 0.234 e. The minimum Gasteiger partial charge on any atom is -0.344 e. The molecular formula is C11H17N6OReRf-. The van der Waals surface area contributed by atoms with Crippen LogP contribution in [0.3, 0.4) is 0 Å². The molecule has 9 heteroatoms. The van der Waals surface area contributed by atoms with Crippen molar-refractivity contribution in [3.8, 4) is 0 Å². The molecule has 0 aromatic carbocycles. The zero-order valence-electron chi connectivity index (χ0n) is 11.3. The second kappa shape index (κ2) is 8.94. The summed E-state index contributed by atoms with van der Waals surface area (Å²) in [4.78, 5) is 15.5. The predicted molar refractivity (Wildman–Crippen MR) is 68.2 cm³/mol. The molecule has 1 aromatic rings. The smallest absolute Gasteiger partial charge is 0.234 e. The van der Waals surface area contributed by atoms with Crippen molar-refractivity contribution in [2.45, 2.75) is 12.5 Å². The first-order chi connectivity index (χ1) is 8.85. The fourth-order valence-electron chi connectivity index (χ4n) is 1.81. The van der Waals surface area contributed by atoms with Crippen LogP contribution in [0.5, 0.6) is 0 Å². The Morgan fingerprint density at radius 1 is 1.70 bits per heavy atom. The Morgan fingerprint density at radius 3 is 3.10 bits per heavy atom. The molecule has 3 N–H and O–H groups in total. The van der Waals surface area contributed by atoms with Crippen molar-refractivity contribution < 1.29 is 25.2 Å². The van der Waals surface area contributed by atoms with Crippen molar-refractivity contribution >= 4 is 12.2 Å². The summed E-state index contributed by atoms with van der Waals surface area (Å²) in [5.41, 5.74) is 6.18. The summed E-state index contributed by atoms with van der Waals surface area (Å²) in [5, 5.41) is 7.34. The van der Waals surface area contributed by atoms with Crippen molar-refractivity contribution in [3.05, 3.63) is 24.4 Å². The molecule has 1 fully saturated rings. The molecule has 1 radical (unpaired) electrons. The molecular weight excluding hydrogens is 685 g/mol. The van der Waals surface area contributed by atoms with Crippen LogP contribution in [0.1, 0.15) is 16.9 Å². The third-order valence-corrected chi connectivity index (χ3v) is 2.64. The molecule has 1 aliphatic heterocycles. The number of aliphatic imine (C=N–C) groups is 1. The van der Waals surface area contributed by atoms with E-state index in [-0.39, 0.29) is 26.5 Å². The maximum absolute atomic E-state index is 10.9. The van der Waals surface area contributed by atoms with Gasteiger partial charge in [0.2, 0.25) is 5.96 Å². The number of hydrogen-bond acceptors (Lipinski definition) is 5. The number of nitrogens with one attached hydrogen (secondary N) is 3. The Morgan fingerprint density at radius 2 is 2.50 bits per heavy atom. The number of aldehydes is 1. The summed E-state index contributed by atoms with van der Waals surface area (Å²) in [7, 11) is 1.74. The topological polar surface area (TPSA) is 83.3 Å². The van der Waals surface area contributed by atoms with E-state index in [9.17, 15) is 4.79 Å². The molecule has 1 unspecified atom stereocenters. The summed E-state index contributed by atoms with van der Waals surface area (Å²) < 4.78 is 1.48. The molecule has 1 saturated heterocycles. The van der Waals surface area contributed by atoms with Crippen molar-refractivity contribution in [2.75, 3.05) is 20.1 Å². The van der Waals surface area contributed by atoms with Gasteiger partial charge < -0.3 is 11.7 Å². The van der Waals surface area contributed by atoms with Gasteiger partial charge in [-0.25, -0.2) is 10.4 Å². The molecule has 0 spiro atoms. The van der Waals surface area contributed by atoms with Crippen LogP contribution in [0.15, 0.2) is 17.3 Å². The first-order valence-corrected chi connectivity index (χ1v) is 5.87. The third kappa shape index (κ3) is 4.24. The van der Waals surface area contributed by atoms with Gasteiger partial charge >= 0.3 is 0 Å². The van der Waals surface area contributed by atoms with Crippen LogP contribution in [0.25, 0.3) is 0 Å². The monoisotopic (exact) mass is 703 g/mol. The van der Waals surface area contributed by atoms with Gasteiger partial charge in [0.05, 0.1) is 6.20 Å². The number of hydrogen-bond donors (Lipinski definition) is 3. The summed E-state index contributed by atoms with van der Waals surface area (Å²) in [6.45, 7) is 1.74. The molecule has 107 valence electrons. The van der Waals surface area contributed by atoms with Crippen molar-refractivity contribution in [3.63, 3.8) is 0 Å². The normalized spacial score (nSPS) is 18.6. The number of hydrazine groups is 1. The van der Waals surface area contributed by atoms with Gasteiger partial charge in [-0.2, -0.15) is 16.2 Å². The van der Waals surface area contributed by atoms with E-state index in [0.29, 0.717) is 11.7 Å². The van der Waals surface area contributed by atoms with Gasteiger partial charge in [0.25, 0.3) is 0 Å². The van der Waals surface area contributed by atoms with Gasteiger partial charge in [0, 0.05) is 40.1 Å². The quantitative estimate of drug-likeness (QED) is 0.126. The molecule has 7 nitrogen and oxygen atoms in total. The van der Waals surface area contributed by atoms with E-state index in [2.05, 4.69) is 32.7 Å². The van der Waals surface area contributed by atoms with Crippen molar-refractivity contribution in [1.82, 2.24) is 25.9 Å². The molecule has 0 bridgehead atoms. The fourth-order valence-corrected chi connectivity index (χ4v) is 1.81. The molecule has 0 saturated carbocycles. The van der Waals surface area contributed by atoms with E-state index in [1.165, 1.54) is 4.68 Å². The molecule has 2 heterocycles. The fraction of sp³-hybridized carbons (Fsp3) is 0.455. The first kappa shape index (κ1) is 17.9. The van der Waals surface area contributed by atoms with Crippen LogP contribution >= 0.6 is 0 Å². The van der Waals surface area contributed by atoms with Gasteiger partial charge in [-0.3, -0.25) is 10.2 Å². The second-order valence-electron chi connectivity index (χ2n) is 3.95. The average molecular weight is 703 g/mol. The second-order valence-corrected chi connectivity index (χ2v) is 3.95. The Bertz CT molecular complexity index is 432. The van der Waals surface area contributed by atoms with Gasteiger partial charge in [-0.05, 0) is 6.07 Å². The molecule has 0 aliphatic carbocycles. The molecule has 2 rings (SSSR count). The van der Waals surface area contributed by atoms with Crippen molar-refractivity contribution in [2.24, 2.45) is 4.99 Å². The van der Waals surface area contributed by atoms with Gasteiger partial charge in [-0.15, -0.1) is 6.54 Å². The standard InChI is InChI=1S/C11H17N6O.Re.Rf/c1-12-16-11(15-9-3-2-5-13-7-9)17-10(8-18)4-6-14-17;;/h2,4,6,8-9,12-13H,3,5,7H2,1H3,(H,15,16);;/q-1;;. The Hall–Kier alpha value is -2.07. The summed E-state index contributed by atoms with van der Waals surface area (Å²) in [6, 6.07) is 1.80. The van der Waals surface area contributed by atoms with E-state index in [4.69, 9.17) is 0 Å². The van der Waals surface area contributed by atoms with E-state index >= 15 is 0 Å². The summed E-state index contributed by atoms with van der Waals surface area (Å²) >= 11 is 0. The van der Waals surface area contributed by atoms with Crippen LogP contribution < -0.4 is 16.2 Å². The zero-order valence-corrected chi connectivity index (χ0v) is 20.5. The van der Waals surface area contributed by atoms with Gasteiger partial charge in [0.1, 0.15) is 5.69 Å². The number of aromatic nitrogens is 2. The minimum atomic E-state index is 0. The van der Waals surface area contributed by atoms with Gasteiger partial charge in [0.15, 0.2) is 6.29 Å². The molecule has 1 aromatic heterocycles. The Labute approximate surface area is 125 Å². The Balaban J connectivity index is 0.00000180. The summed E-state index contributed by atoms with van der Waals surface area (Å²) in [6.07, 6.45) is 5.39. The molecule has 1 aliphatic rings. The van der Waals surface area contributed by atoms with E-state index in [1.807, 2.05) is 0 Å². The van der Waals surface area contributed by atoms with E-state index < -0.39 is 0 Å². The third-order valence-electron chi connectivity index (χ3n) is 2.64. The summed E-state index contributed by atoms with van der Waals surface area (Å²) in [5.74, 6) is 0.520. The minimum absolute atomic E-state index is 0. The molecule has 0 amide bonds. The number of nitrogens with zero attached hydrogens (tertiary/aromatic N) is 3. The van der Waals surface area contributed by atoms with Crippen LogP contribution in [-0.4, -0.2) is 48.2 Å². The number of piperidine rings is 1. The van der Waals surface area contributed by atoms with Crippen molar-refractivity contribution in [1.29, 1.82) is 0 Å². The van der Waals surface area contributed by atoms with E-state index in [1.54, 1.807) is 19.3 Å². The average Bonchev–Trinajstić information content (AvgIpc) is 2.87. The first-order valence-electron chi connectivity index (χ1n) is 5.87. The van der Waals surface area contributed by atoms with E-state index in [0.717, 1.165) is 25.8 Å². The Kier molecular flexibility index (Phi) is 8.01. The SMILES string of the molecule is CNNC(=NC1C[CH-]CNC1)n1nccc1C=O.[Re].[Rf]. The van der Waals surface area contributed by atoms with Crippen LogP contribution in [0.4, 0.5) is 0 Å². The van der Waals surface area contributed by atoms with Gasteiger partial charge in [-0.1, -0.05) is 0 Å². The van der Waals surface area contributed by atoms with Crippen LogP contribution in [0.2, 0.25) is 0 Å². The number of carbonyl (C=O) groups excluding carboxylic acids is 1. The van der Waals surface area contributed by atoms with Crippen LogP contribution in [-0.2, 0) is 20.4 Å².